The Kier molecular flexibility index (Phi) is 2.63. The molecule has 3 heteroatoms. The first-order valence-corrected chi connectivity index (χ1v) is 4.76. The lowest BCUT2D eigenvalue weighted by Crippen LogP contribution is -2.52. The van der Waals surface area contributed by atoms with E-state index in [0.29, 0.717) is 18.2 Å². The fourth-order valence-corrected chi connectivity index (χ4v) is 2.03. The summed E-state index contributed by atoms with van der Waals surface area (Å²) in [6, 6.07) is 1.16. The molecule has 0 bridgehead atoms. The van der Waals surface area contributed by atoms with Gasteiger partial charge in [0, 0.05) is 13.2 Å². The van der Waals surface area contributed by atoms with E-state index in [4.69, 9.17) is 9.47 Å². The van der Waals surface area contributed by atoms with Crippen LogP contribution in [0.25, 0.3) is 0 Å². The lowest BCUT2D eigenvalue weighted by Gasteiger charge is -2.32. The molecule has 0 amide bonds. The van der Waals surface area contributed by atoms with Crippen LogP contribution in [0.15, 0.2) is 0 Å². The molecular formula is C9H17NO2. The zero-order chi connectivity index (χ0) is 8.39. The van der Waals surface area contributed by atoms with Gasteiger partial charge in [0.05, 0.1) is 25.4 Å². The van der Waals surface area contributed by atoms with Crippen molar-refractivity contribution < 1.29 is 9.47 Å². The van der Waals surface area contributed by atoms with Crippen molar-refractivity contribution in [2.24, 2.45) is 0 Å². The summed E-state index contributed by atoms with van der Waals surface area (Å²) in [7, 11) is 1.81. The number of rotatable bonds is 3. The maximum atomic E-state index is 5.39. The van der Waals surface area contributed by atoms with Gasteiger partial charge in [-0.1, -0.05) is 0 Å². The van der Waals surface area contributed by atoms with Gasteiger partial charge in [-0.25, -0.2) is 0 Å². The molecule has 2 atom stereocenters. The minimum absolute atomic E-state index is 0.436. The molecule has 1 heterocycles. The molecule has 0 radical (unpaired) electrons. The zero-order valence-electron chi connectivity index (χ0n) is 7.58. The van der Waals surface area contributed by atoms with Gasteiger partial charge in [-0.3, -0.25) is 0 Å². The summed E-state index contributed by atoms with van der Waals surface area (Å²) in [5.74, 6) is 0. The average Bonchev–Trinajstić information content (AvgIpc) is 2.43. The highest BCUT2D eigenvalue weighted by atomic mass is 16.5. The van der Waals surface area contributed by atoms with Crippen molar-refractivity contribution in [3.63, 3.8) is 0 Å². The van der Waals surface area contributed by atoms with Crippen LogP contribution in [-0.2, 0) is 9.47 Å². The van der Waals surface area contributed by atoms with Crippen LogP contribution in [0.4, 0.5) is 0 Å². The van der Waals surface area contributed by atoms with Gasteiger partial charge in [-0.15, -0.1) is 0 Å². The maximum absolute atomic E-state index is 5.39. The number of hydrogen-bond donors (Lipinski definition) is 1. The molecule has 2 unspecified atom stereocenters. The van der Waals surface area contributed by atoms with E-state index in [9.17, 15) is 0 Å². The van der Waals surface area contributed by atoms with Gasteiger partial charge in [0.1, 0.15) is 0 Å². The van der Waals surface area contributed by atoms with Gasteiger partial charge in [-0.05, 0) is 19.3 Å². The standard InChI is InChI=1S/C9H17NO2/c1-11-9-4-2-3-8(9)10-7-5-12-6-7/h7-10H,2-6H2,1H3. The van der Waals surface area contributed by atoms with E-state index >= 15 is 0 Å². The van der Waals surface area contributed by atoms with Gasteiger partial charge >= 0.3 is 0 Å². The number of nitrogens with one attached hydrogen (secondary N) is 1. The largest absolute Gasteiger partial charge is 0.380 e. The van der Waals surface area contributed by atoms with E-state index in [1.165, 1.54) is 19.3 Å². The summed E-state index contributed by atoms with van der Waals surface area (Å²) in [4.78, 5) is 0. The summed E-state index contributed by atoms with van der Waals surface area (Å²) in [6.45, 7) is 1.76. The van der Waals surface area contributed by atoms with Crippen LogP contribution >= 0.6 is 0 Å². The van der Waals surface area contributed by atoms with Gasteiger partial charge in [0.15, 0.2) is 0 Å². The first-order valence-electron chi connectivity index (χ1n) is 4.76. The summed E-state index contributed by atoms with van der Waals surface area (Å²) in [5.41, 5.74) is 0. The normalized spacial score (nSPS) is 36.8. The molecule has 2 rings (SSSR count). The number of hydrogen-bond acceptors (Lipinski definition) is 3. The first-order chi connectivity index (χ1) is 5.90. The van der Waals surface area contributed by atoms with E-state index in [0.717, 1.165) is 13.2 Å². The quantitative estimate of drug-likeness (QED) is 0.672. The van der Waals surface area contributed by atoms with Crippen LogP contribution in [0.5, 0.6) is 0 Å². The molecule has 12 heavy (non-hydrogen) atoms. The monoisotopic (exact) mass is 171 g/mol. The Morgan fingerprint density at radius 2 is 2.17 bits per heavy atom. The van der Waals surface area contributed by atoms with Crippen molar-refractivity contribution in [3.8, 4) is 0 Å². The highest BCUT2D eigenvalue weighted by molar-refractivity contribution is 4.88. The van der Waals surface area contributed by atoms with Crippen LogP contribution in [0, 0.1) is 0 Å². The molecular weight excluding hydrogens is 154 g/mol. The summed E-state index contributed by atoms with van der Waals surface area (Å²) >= 11 is 0. The smallest absolute Gasteiger partial charge is 0.0724 e. The van der Waals surface area contributed by atoms with Crippen molar-refractivity contribution in [1.29, 1.82) is 0 Å². The molecule has 1 saturated heterocycles. The third kappa shape index (κ3) is 1.63. The second-order valence-electron chi connectivity index (χ2n) is 3.71. The highest BCUT2D eigenvalue weighted by Crippen LogP contribution is 2.22. The maximum Gasteiger partial charge on any atom is 0.0724 e. The minimum Gasteiger partial charge on any atom is -0.380 e. The molecule has 0 spiro atoms. The molecule has 0 aromatic carbocycles. The Hall–Kier alpha value is -0.120. The first kappa shape index (κ1) is 8.48. The Morgan fingerprint density at radius 3 is 2.75 bits per heavy atom. The summed E-state index contributed by atoms with van der Waals surface area (Å²) in [6.07, 6.45) is 4.20. The SMILES string of the molecule is COC1CCCC1NC1COC1. The molecule has 0 aromatic heterocycles. The lowest BCUT2D eigenvalue weighted by molar-refractivity contribution is -0.0203. The minimum atomic E-state index is 0.436. The number of ether oxygens (including phenoxy) is 2. The summed E-state index contributed by atoms with van der Waals surface area (Å²) < 4.78 is 10.5. The molecule has 2 fully saturated rings. The van der Waals surface area contributed by atoms with Crippen molar-refractivity contribution in [1.82, 2.24) is 5.32 Å². The Labute approximate surface area is 73.4 Å². The van der Waals surface area contributed by atoms with Crippen LogP contribution in [-0.4, -0.2) is 38.5 Å². The molecule has 2 aliphatic rings. The van der Waals surface area contributed by atoms with E-state index in [1.54, 1.807) is 0 Å². The molecule has 3 nitrogen and oxygen atoms in total. The van der Waals surface area contributed by atoms with E-state index in [2.05, 4.69) is 5.32 Å². The second kappa shape index (κ2) is 3.73. The molecule has 1 aliphatic heterocycles. The van der Waals surface area contributed by atoms with Gasteiger partial charge in [0.2, 0.25) is 0 Å². The highest BCUT2D eigenvalue weighted by Gasteiger charge is 2.30. The molecule has 1 N–H and O–H groups in total. The van der Waals surface area contributed by atoms with Gasteiger partial charge < -0.3 is 14.8 Å². The fraction of sp³-hybridized carbons (Fsp3) is 1.00. The molecule has 70 valence electrons. The van der Waals surface area contributed by atoms with Gasteiger partial charge in [-0.2, -0.15) is 0 Å². The average molecular weight is 171 g/mol. The third-order valence-electron chi connectivity index (χ3n) is 2.84. The van der Waals surface area contributed by atoms with Crippen molar-refractivity contribution in [2.75, 3.05) is 20.3 Å². The van der Waals surface area contributed by atoms with E-state index in [-0.39, 0.29) is 0 Å². The molecule has 1 saturated carbocycles. The second-order valence-corrected chi connectivity index (χ2v) is 3.71. The third-order valence-corrected chi connectivity index (χ3v) is 2.84. The van der Waals surface area contributed by atoms with Crippen LogP contribution in [0.2, 0.25) is 0 Å². The van der Waals surface area contributed by atoms with Crippen molar-refractivity contribution in [3.05, 3.63) is 0 Å². The fourth-order valence-electron chi connectivity index (χ4n) is 2.03. The lowest BCUT2D eigenvalue weighted by atomic mass is 10.1. The van der Waals surface area contributed by atoms with Crippen molar-refractivity contribution in [2.45, 2.75) is 37.5 Å². The van der Waals surface area contributed by atoms with Gasteiger partial charge in [0.25, 0.3) is 0 Å². The van der Waals surface area contributed by atoms with E-state index < -0.39 is 0 Å². The molecule has 0 aromatic rings. The Balaban J connectivity index is 1.77. The van der Waals surface area contributed by atoms with Crippen LogP contribution in [0.1, 0.15) is 19.3 Å². The van der Waals surface area contributed by atoms with Crippen LogP contribution in [0.3, 0.4) is 0 Å². The van der Waals surface area contributed by atoms with E-state index in [1.807, 2.05) is 7.11 Å². The Bertz CT molecular complexity index is 147. The predicted octanol–water partition coefficient (Wildman–Crippen LogP) is 0.542. The predicted molar refractivity (Wildman–Crippen MR) is 46.2 cm³/mol. The zero-order valence-corrected chi connectivity index (χ0v) is 7.58. The molecule has 1 aliphatic carbocycles. The summed E-state index contributed by atoms with van der Waals surface area (Å²) in [5, 5.41) is 3.57. The van der Waals surface area contributed by atoms with Crippen LogP contribution < -0.4 is 5.32 Å². The number of methoxy groups -OCH3 is 1. The van der Waals surface area contributed by atoms with Crippen molar-refractivity contribution >= 4 is 0 Å². The topological polar surface area (TPSA) is 30.5 Å². The Morgan fingerprint density at radius 1 is 1.33 bits per heavy atom.